The number of rotatable bonds is 1. The zero-order valence-corrected chi connectivity index (χ0v) is 11.0. The molecule has 1 aliphatic carbocycles. The van der Waals surface area contributed by atoms with Crippen LogP contribution in [0.15, 0.2) is 65.3 Å². The van der Waals surface area contributed by atoms with Gasteiger partial charge in [-0.2, -0.15) is 0 Å². The van der Waals surface area contributed by atoms with E-state index in [1.165, 1.54) is 0 Å². The van der Waals surface area contributed by atoms with Gasteiger partial charge in [-0.25, -0.2) is 0 Å². The first-order valence-corrected chi connectivity index (χ1v) is 6.62. The summed E-state index contributed by atoms with van der Waals surface area (Å²) >= 11 is 0. The molecule has 1 heterocycles. The second-order valence-electron chi connectivity index (χ2n) is 4.91. The molecule has 0 amide bonds. The molecule has 0 aliphatic heterocycles. The quantitative estimate of drug-likeness (QED) is 0.531. The Morgan fingerprint density at radius 2 is 1.29 bits per heavy atom. The highest BCUT2D eigenvalue weighted by Crippen LogP contribution is 2.34. The lowest BCUT2D eigenvalue weighted by Gasteiger charge is -2.19. The summed E-state index contributed by atoms with van der Waals surface area (Å²) in [6.45, 7) is 0. The van der Waals surface area contributed by atoms with E-state index < -0.39 is 0 Å². The summed E-state index contributed by atoms with van der Waals surface area (Å²) in [5.41, 5.74) is 2.44. The molecule has 1 aromatic heterocycles. The molecule has 0 spiro atoms. The molecule has 0 saturated carbocycles. The third kappa shape index (κ3) is 1.61. The molecule has 0 bridgehead atoms. The lowest BCUT2D eigenvalue weighted by molar-refractivity contribution is 0.0979. The van der Waals surface area contributed by atoms with Gasteiger partial charge in [0.25, 0.3) is 0 Å². The molecular formula is C18H10O3. The van der Waals surface area contributed by atoms with Crippen LogP contribution in [-0.2, 0) is 0 Å². The molecule has 21 heavy (non-hydrogen) atoms. The van der Waals surface area contributed by atoms with Crippen LogP contribution in [0.25, 0.3) is 11.3 Å². The van der Waals surface area contributed by atoms with Crippen LogP contribution in [0.2, 0.25) is 0 Å². The van der Waals surface area contributed by atoms with Crippen molar-refractivity contribution in [3.05, 3.63) is 83.1 Å². The molecule has 1 aliphatic rings. The van der Waals surface area contributed by atoms with Gasteiger partial charge in [0, 0.05) is 27.8 Å². The Kier molecular flexibility index (Phi) is 2.42. The Hall–Kier alpha value is -2.94. The molecule has 0 fully saturated rings. The first-order valence-electron chi connectivity index (χ1n) is 6.62. The van der Waals surface area contributed by atoms with Gasteiger partial charge in [-0.05, 0) is 12.1 Å². The molecule has 3 aromatic rings. The Balaban J connectivity index is 2.04. The molecule has 3 nitrogen and oxygen atoms in total. The molecular weight excluding hydrogens is 264 g/mol. The van der Waals surface area contributed by atoms with Crippen LogP contribution in [-0.4, -0.2) is 11.6 Å². The summed E-state index contributed by atoms with van der Waals surface area (Å²) < 4.78 is 5.39. The van der Waals surface area contributed by atoms with E-state index in [1.807, 2.05) is 0 Å². The van der Waals surface area contributed by atoms with Crippen molar-refractivity contribution in [2.45, 2.75) is 0 Å². The Morgan fingerprint density at radius 3 is 2.00 bits per heavy atom. The average Bonchev–Trinajstić information content (AvgIpc) is 3.06. The van der Waals surface area contributed by atoms with Crippen molar-refractivity contribution in [2.75, 3.05) is 0 Å². The number of ketones is 2. The van der Waals surface area contributed by atoms with Crippen molar-refractivity contribution in [2.24, 2.45) is 0 Å². The van der Waals surface area contributed by atoms with Gasteiger partial charge in [0.2, 0.25) is 0 Å². The summed E-state index contributed by atoms with van der Waals surface area (Å²) in [6, 6.07) is 15.7. The third-order valence-electron chi connectivity index (χ3n) is 3.74. The van der Waals surface area contributed by atoms with Crippen molar-refractivity contribution >= 4 is 11.6 Å². The maximum atomic E-state index is 12.8. The highest BCUT2D eigenvalue weighted by atomic mass is 16.3. The predicted molar refractivity (Wildman–Crippen MR) is 77.5 cm³/mol. The fourth-order valence-corrected chi connectivity index (χ4v) is 2.78. The Labute approximate surface area is 120 Å². The second-order valence-corrected chi connectivity index (χ2v) is 4.91. The van der Waals surface area contributed by atoms with Gasteiger partial charge in [0.1, 0.15) is 5.76 Å². The normalized spacial score (nSPS) is 13.0. The van der Waals surface area contributed by atoms with Crippen LogP contribution in [0.3, 0.4) is 0 Å². The smallest absolute Gasteiger partial charge is 0.195 e. The van der Waals surface area contributed by atoms with Crippen LogP contribution in [0.5, 0.6) is 0 Å². The molecule has 4 rings (SSSR count). The van der Waals surface area contributed by atoms with Crippen LogP contribution < -0.4 is 0 Å². The van der Waals surface area contributed by atoms with E-state index in [2.05, 4.69) is 0 Å². The van der Waals surface area contributed by atoms with Crippen LogP contribution in [0.1, 0.15) is 31.8 Å². The first-order chi connectivity index (χ1) is 10.3. The molecule has 0 atom stereocenters. The van der Waals surface area contributed by atoms with E-state index in [1.54, 1.807) is 60.9 Å². The maximum absolute atomic E-state index is 12.8. The van der Waals surface area contributed by atoms with Gasteiger partial charge in [-0.1, -0.05) is 42.5 Å². The van der Waals surface area contributed by atoms with Crippen molar-refractivity contribution in [1.29, 1.82) is 0 Å². The van der Waals surface area contributed by atoms with Crippen molar-refractivity contribution in [1.82, 2.24) is 0 Å². The summed E-state index contributed by atoms with van der Waals surface area (Å²) in [6.07, 6.45) is 1.55. The first kappa shape index (κ1) is 11.9. The summed E-state index contributed by atoms with van der Waals surface area (Å²) in [7, 11) is 0. The fraction of sp³-hybridized carbons (Fsp3) is 0. The van der Waals surface area contributed by atoms with Crippen LogP contribution in [0, 0.1) is 0 Å². The highest BCUT2D eigenvalue weighted by Gasteiger charge is 2.31. The second kappa shape index (κ2) is 4.28. The van der Waals surface area contributed by atoms with E-state index in [4.69, 9.17) is 4.42 Å². The van der Waals surface area contributed by atoms with Crippen molar-refractivity contribution in [3.8, 4) is 11.3 Å². The van der Waals surface area contributed by atoms with E-state index >= 15 is 0 Å². The molecule has 100 valence electrons. The number of hydrogen-bond acceptors (Lipinski definition) is 3. The number of benzene rings is 2. The number of furan rings is 1. The third-order valence-corrected chi connectivity index (χ3v) is 3.74. The average molecular weight is 274 g/mol. The van der Waals surface area contributed by atoms with Gasteiger partial charge in [-0.3, -0.25) is 9.59 Å². The topological polar surface area (TPSA) is 47.3 Å². The lowest BCUT2D eigenvalue weighted by Crippen LogP contribution is -2.21. The number of hydrogen-bond donors (Lipinski definition) is 0. The minimum atomic E-state index is -0.132. The fourth-order valence-electron chi connectivity index (χ4n) is 2.78. The molecule has 0 saturated heterocycles. The largest absolute Gasteiger partial charge is 0.464 e. The van der Waals surface area contributed by atoms with Gasteiger partial charge < -0.3 is 4.42 Å². The minimum Gasteiger partial charge on any atom is -0.464 e. The maximum Gasteiger partial charge on any atom is 0.195 e. The predicted octanol–water partition coefficient (Wildman–Crippen LogP) is 3.72. The van der Waals surface area contributed by atoms with Gasteiger partial charge in [-0.15, -0.1) is 0 Å². The monoisotopic (exact) mass is 274 g/mol. The van der Waals surface area contributed by atoms with Gasteiger partial charge in [0.15, 0.2) is 11.6 Å². The lowest BCUT2D eigenvalue weighted by atomic mass is 9.81. The van der Waals surface area contributed by atoms with Crippen molar-refractivity contribution < 1.29 is 14.0 Å². The zero-order valence-electron chi connectivity index (χ0n) is 11.0. The Bertz CT molecular complexity index is 873. The number of carbonyl (C=O) groups is 2. The van der Waals surface area contributed by atoms with Crippen molar-refractivity contribution in [3.63, 3.8) is 0 Å². The highest BCUT2D eigenvalue weighted by molar-refractivity contribution is 6.30. The zero-order chi connectivity index (χ0) is 14.4. The molecule has 0 radical (unpaired) electrons. The molecule has 2 aromatic carbocycles. The summed E-state index contributed by atoms with van der Waals surface area (Å²) in [5, 5.41) is 0. The molecule has 0 unspecified atom stereocenters. The summed E-state index contributed by atoms with van der Waals surface area (Å²) in [4.78, 5) is 25.4. The van der Waals surface area contributed by atoms with Gasteiger partial charge in [0.05, 0.1) is 6.26 Å². The summed E-state index contributed by atoms with van der Waals surface area (Å²) in [5.74, 6) is 0.341. The van der Waals surface area contributed by atoms with Crippen LogP contribution in [0.4, 0.5) is 0 Å². The minimum absolute atomic E-state index is 0.117. The standard InChI is InChI=1S/C18H10O3/c19-17-11-5-1-2-6-12(11)18(20)16-13(7-3-8-14(16)17)15-9-4-10-21-15/h1-10H. The van der Waals surface area contributed by atoms with E-state index in [0.717, 1.165) is 0 Å². The number of carbonyl (C=O) groups excluding carboxylic acids is 2. The van der Waals surface area contributed by atoms with E-state index in [9.17, 15) is 9.59 Å². The molecule has 3 heteroatoms. The molecule has 0 N–H and O–H groups in total. The van der Waals surface area contributed by atoms with Gasteiger partial charge >= 0.3 is 0 Å². The van der Waals surface area contributed by atoms with E-state index in [-0.39, 0.29) is 11.6 Å². The number of fused-ring (bicyclic) bond motifs is 2. The van der Waals surface area contributed by atoms with E-state index in [0.29, 0.717) is 33.6 Å². The Morgan fingerprint density at radius 1 is 0.619 bits per heavy atom. The SMILES string of the molecule is O=C1c2ccccc2C(=O)c2c1cccc2-c1ccco1. The van der Waals surface area contributed by atoms with Crippen LogP contribution >= 0.6 is 0 Å².